The predicted molar refractivity (Wildman–Crippen MR) is 92.4 cm³/mol. The summed E-state index contributed by atoms with van der Waals surface area (Å²) >= 11 is 0. The molecule has 24 heavy (non-hydrogen) atoms. The topological polar surface area (TPSA) is 55.6 Å². The van der Waals surface area contributed by atoms with Gasteiger partial charge in [-0.2, -0.15) is 0 Å². The van der Waals surface area contributed by atoms with Crippen molar-refractivity contribution in [2.75, 3.05) is 10.6 Å². The molecule has 126 valence electrons. The summed E-state index contributed by atoms with van der Waals surface area (Å²) in [5.74, 6) is 0.0926. The number of carbonyl (C=O) groups excluding carboxylic acids is 1. The molecule has 0 atom stereocenters. The second-order valence-electron chi connectivity index (χ2n) is 6.01. The fourth-order valence-electron chi connectivity index (χ4n) is 3.10. The summed E-state index contributed by atoms with van der Waals surface area (Å²) < 4.78 is 20.1. The van der Waals surface area contributed by atoms with Crippen LogP contribution in [0.3, 0.4) is 0 Å². The minimum Gasteiger partial charge on any atom is -0.475 e. The zero-order valence-electron chi connectivity index (χ0n) is 13.9. The van der Waals surface area contributed by atoms with E-state index in [1.165, 1.54) is 6.07 Å². The maximum absolute atomic E-state index is 14.1. The number of carbonyl (C=O) groups is 1. The average molecular weight is 328 g/mol. The number of amides is 1. The van der Waals surface area contributed by atoms with Crippen LogP contribution in [0.2, 0.25) is 0 Å². The molecule has 1 aliphatic heterocycles. The lowest BCUT2D eigenvalue weighted by atomic mass is 9.92. The predicted octanol–water partition coefficient (Wildman–Crippen LogP) is 3.89. The standard InChI is InChI=1S/C19H21FN2O2/c1-3-19(4-2)18(23)22(12-13-7-5-6-8-15(13)20)16-10-9-14(21)11-17(16)24-19/h5-11H,3-4,12,21H2,1-2H3. The molecule has 1 amide bonds. The van der Waals surface area contributed by atoms with E-state index < -0.39 is 5.60 Å². The van der Waals surface area contributed by atoms with Gasteiger partial charge in [0.05, 0.1) is 12.2 Å². The van der Waals surface area contributed by atoms with Crippen molar-refractivity contribution < 1.29 is 13.9 Å². The molecule has 0 bridgehead atoms. The molecule has 0 unspecified atom stereocenters. The Morgan fingerprint density at radius 2 is 1.88 bits per heavy atom. The second-order valence-corrected chi connectivity index (χ2v) is 6.01. The van der Waals surface area contributed by atoms with Crippen molar-refractivity contribution in [1.29, 1.82) is 0 Å². The summed E-state index contributed by atoms with van der Waals surface area (Å²) in [7, 11) is 0. The average Bonchev–Trinajstić information content (AvgIpc) is 2.59. The van der Waals surface area contributed by atoms with Gasteiger partial charge in [-0.15, -0.1) is 0 Å². The molecule has 0 aromatic heterocycles. The van der Waals surface area contributed by atoms with Gasteiger partial charge in [0.15, 0.2) is 5.60 Å². The third-order valence-electron chi connectivity index (χ3n) is 4.64. The summed E-state index contributed by atoms with van der Waals surface area (Å²) in [6.07, 6.45) is 1.06. The number of halogens is 1. The van der Waals surface area contributed by atoms with Crippen LogP contribution in [0.1, 0.15) is 32.3 Å². The number of nitrogens with two attached hydrogens (primary N) is 1. The van der Waals surface area contributed by atoms with Gasteiger partial charge in [0, 0.05) is 17.3 Å². The van der Waals surface area contributed by atoms with Crippen LogP contribution in [0.25, 0.3) is 0 Å². The van der Waals surface area contributed by atoms with Crippen molar-refractivity contribution in [1.82, 2.24) is 0 Å². The molecule has 1 aliphatic rings. The molecular formula is C19H21FN2O2. The Balaban J connectivity index is 2.09. The van der Waals surface area contributed by atoms with E-state index in [1.54, 1.807) is 41.3 Å². The Morgan fingerprint density at radius 1 is 1.17 bits per heavy atom. The van der Waals surface area contributed by atoms with Crippen molar-refractivity contribution in [3.05, 3.63) is 53.8 Å². The van der Waals surface area contributed by atoms with Gasteiger partial charge in [-0.05, 0) is 31.0 Å². The molecule has 5 heteroatoms. The van der Waals surface area contributed by atoms with E-state index in [9.17, 15) is 9.18 Å². The van der Waals surface area contributed by atoms with Crippen LogP contribution in [0.15, 0.2) is 42.5 Å². The van der Waals surface area contributed by atoms with E-state index in [2.05, 4.69) is 0 Å². The molecule has 0 spiro atoms. The summed E-state index contributed by atoms with van der Waals surface area (Å²) in [5.41, 5.74) is 6.58. The van der Waals surface area contributed by atoms with E-state index in [0.717, 1.165) is 0 Å². The van der Waals surface area contributed by atoms with E-state index in [-0.39, 0.29) is 18.3 Å². The maximum Gasteiger partial charge on any atom is 0.271 e. The highest BCUT2D eigenvalue weighted by molar-refractivity contribution is 6.03. The molecule has 3 rings (SSSR count). The number of nitrogen functional groups attached to an aromatic ring is 1. The fraction of sp³-hybridized carbons (Fsp3) is 0.316. The molecule has 0 saturated carbocycles. The van der Waals surface area contributed by atoms with E-state index in [1.807, 2.05) is 13.8 Å². The molecule has 2 N–H and O–H groups in total. The summed E-state index contributed by atoms with van der Waals surface area (Å²) in [6, 6.07) is 11.7. The monoisotopic (exact) mass is 328 g/mol. The number of hydrogen-bond donors (Lipinski definition) is 1. The molecule has 0 radical (unpaired) electrons. The SMILES string of the molecule is CCC1(CC)Oc2cc(N)ccc2N(Cc2ccccc2F)C1=O. The van der Waals surface area contributed by atoms with Gasteiger partial charge in [0.25, 0.3) is 5.91 Å². The maximum atomic E-state index is 14.1. The molecule has 2 aromatic rings. The summed E-state index contributed by atoms with van der Waals surface area (Å²) in [5, 5.41) is 0. The van der Waals surface area contributed by atoms with Gasteiger partial charge in [0.2, 0.25) is 0 Å². The molecule has 0 fully saturated rings. The lowest BCUT2D eigenvalue weighted by molar-refractivity contribution is -0.136. The highest BCUT2D eigenvalue weighted by Crippen LogP contribution is 2.42. The largest absolute Gasteiger partial charge is 0.475 e. The minimum absolute atomic E-state index is 0.145. The molecule has 2 aromatic carbocycles. The Morgan fingerprint density at radius 3 is 2.54 bits per heavy atom. The zero-order chi connectivity index (χ0) is 17.3. The van der Waals surface area contributed by atoms with Gasteiger partial charge in [0.1, 0.15) is 11.6 Å². The second kappa shape index (κ2) is 6.15. The van der Waals surface area contributed by atoms with Crippen LogP contribution in [0.4, 0.5) is 15.8 Å². The normalized spacial score (nSPS) is 15.8. The quantitative estimate of drug-likeness (QED) is 0.866. The fourth-order valence-corrected chi connectivity index (χ4v) is 3.10. The molecule has 0 saturated heterocycles. The highest BCUT2D eigenvalue weighted by atomic mass is 19.1. The number of benzene rings is 2. The van der Waals surface area contributed by atoms with Gasteiger partial charge in [-0.3, -0.25) is 4.79 Å². The van der Waals surface area contributed by atoms with Crippen LogP contribution in [0, 0.1) is 5.82 Å². The number of fused-ring (bicyclic) bond motifs is 1. The van der Waals surface area contributed by atoms with Crippen molar-refractivity contribution in [3.63, 3.8) is 0 Å². The van der Waals surface area contributed by atoms with Gasteiger partial charge < -0.3 is 15.4 Å². The van der Waals surface area contributed by atoms with Crippen LogP contribution in [-0.2, 0) is 11.3 Å². The van der Waals surface area contributed by atoms with Gasteiger partial charge >= 0.3 is 0 Å². The lowest BCUT2D eigenvalue weighted by Crippen LogP contribution is -2.55. The minimum atomic E-state index is -0.938. The van der Waals surface area contributed by atoms with Crippen LogP contribution in [-0.4, -0.2) is 11.5 Å². The van der Waals surface area contributed by atoms with E-state index >= 15 is 0 Å². The number of rotatable bonds is 4. The number of hydrogen-bond acceptors (Lipinski definition) is 3. The number of nitrogens with zero attached hydrogens (tertiary/aromatic N) is 1. The third-order valence-corrected chi connectivity index (χ3v) is 4.64. The smallest absolute Gasteiger partial charge is 0.271 e. The van der Waals surface area contributed by atoms with Crippen LogP contribution >= 0.6 is 0 Å². The van der Waals surface area contributed by atoms with E-state index in [0.29, 0.717) is 35.5 Å². The first-order valence-corrected chi connectivity index (χ1v) is 8.14. The number of anilines is 2. The summed E-state index contributed by atoms with van der Waals surface area (Å²) in [6.45, 7) is 3.99. The van der Waals surface area contributed by atoms with Crippen molar-refractivity contribution in [2.24, 2.45) is 0 Å². The first-order valence-electron chi connectivity index (χ1n) is 8.14. The Bertz CT molecular complexity index is 772. The lowest BCUT2D eigenvalue weighted by Gasteiger charge is -2.42. The van der Waals surface area contributed by atoms with Crippen molar-refractivity contribution in [3.8, 4) is 5.75 Å². The van der Waals surface area contributed by atoms with E-state index in [4.69, 9.17) is 10.5 Å². The molecule has 0 aliphatic carbocycles. The number of ether oxygens (including phenoxy) is 1. The van der Waals surface area contributed by atoms with Crippen molar-refractivity contribution >= 4 is 17.3 Å². The zero-order valence-corrected chi connectivity index (χ0v) is 13.9. The van der Waals surface area contributed by atoms with Crippen LogP contribution < -0.4 is 15.4 Å². The first kappa shape index (κ1) is 16.3. The Kier molecular flexibility index (Phi) is 4.18. The van der Waals surface area contributed by atoms with Gasteiger partial charge in [-0.25, -0.2) is 4.39 Å². The molecule has 1 heterocycles. The van der Waals surface area contributed by atoms with Gasteiger partial charge in [-0.1, -0.05) is 32.0 Å². The Hall–Kier alpha value is -2.56. The van der Waals surface area contributed by atoms with Crippen molar-refractivity contribution in [2.45, 2.75) is 38.8 Å². The highest BCUT2D eigenvalue weighted by Gasteiger charge is 2.45. The summed E-state index contributed by atoms with van der Waals surface area (Å²) in [4.78, 5) is 14.7. The Labute approximate surface area is 141 Å². The molecular weight excluding hydrogens is 307 g/mol. The third kappa shape index (κ3) is 2.60. The molecule has 4 nitrogen and oxygen atoms in total. The van der Waals surface area contributed by atoms with Crippen LogP contribution in [0.5, 0.6) is 5.75 Å². The first-order chi connectivity index (χ1) is 11.5.